The first-order chi connectivity index (χ1) is 5.65. The van der Waals surface area contributed by atoms with E-state index in [2.05, 4.69) is 42.8 Å². The van der Waals surface area contributed by atoms with Crippen molar-refractivity contribution in [3.05, 3.63) is 26.9 Å². The maximum atomic E-state index is 9.26. The highest BCUT2D eigenvalue weighted by molar-refractivity contribution is 9.11. The lowest BCUT2D eigenvalue weighted by Gasteiger charge is -2.04. The molecule has 62 valence electrons. The first kappa shape index (κ1) is 9.72. The van der Waals surface area contributed by atoms with Gasteiger partial charge in [0.15, 0.2) is 6.10 Å². The molecule has 1 atom stereocenters. The Morgan fingerprint density at radius 2 is 2.25 bits per heavy atom. The van der Waals surface area contributed by atoms with Crippen molar-refractivity contribution in [3.63, 3.8) is 0 Å². The Bertz CT molecular complexity index is 332. The zero-order valence-electron chi connectivity index (χ0n) is 5.96. The highest BCUT2D eigenvalue weighted by Gasteiger charge is 2.09. The standard InChI is InChI=1S/C8H5Br2NO/c1-2-7(12)8-6(10)3-5(9)4-11-8/h1,3-4,7,12H. The van der Waals surface area contributed by atoms with E-state index < -0.39 is 6.10 Å². The third kappa shape index (κ3) is 2.07. The summed E-state index contributed by atoms with van der Waals surface area (Å²) in [5.74, 6) is 2.19. The van der Waals surface area contributed by atoms with Crippen molar-refractivity contribution in [1.29, 1.82) is 0 Å². The fourth-order valence-electron chi connectivity index (χ4n) is 0.705. The predicted octanol–water partition coefficient (Wildman–Crippen LogP) is 2.27. The van der Waals surface area contributed by atoms with Crippen LogP contribution < -0.4 is 0 Å². The van der Waals surface area contributed by atoms with Gasteiger partial charge in [-0.1, -0.05) is 5.92 Å². The zero-order chi connectivity index (χ0) is 9.14. The van der Waals surface area contributed by atoms with Crippen LogP contribution in [0.1, 0.15) is 11.8 Å². The van der Waals surface area contributed by atoms with Gasteiger partial charge in [0.05, 0.1) is 5.69 Å². The molecule has 1 rings (SSSR count). The van der Waals surface area contributed by atoms with E-state index in [0.717, 1.165) is 4.47 Å². The largest absolute Gasteiger partial charge is 0.374 e. The summed E-state index contributed by atoms with van der Waals surface area (Å²) in [7, 11) is 0. The minimum absolute atomic E-state index is 0.459. The molecule has 0 aliphatic rings. The van der Waals surface area contributed by atoms with Gasteiger partial charge in [0.2, 0.25) is 0 Å². The molecule has 0 amide bonds. The second-order valence-corrected chi connectivity index (χ2v) is 3.86. The molecular formula is C8H5Br2NO. The van der Waals surface area contributed by atoms with Crippen molar-refractivity contribution in [3.8, 4) is 12.3 Å². The summed E-state index contributed by atoms with van der Waals surface area (Å²) in [5.41, 5.74) is 0.459. The van der Waals surface area contributed by atoms with Gasteiger partial charge in [-0.25, -0.2) is 0 Å². The Kier molecular flexibility index (Phi) is 3.27. The van der Waals surface area contributed by atoms with Gasteiger partial charge in [-0.15, -0.1) is 6.42 Å². The minimum atomic E-state index is -0.951. The van der Waals surface area contributed by atoms with Crippen molar-refractivity contribution in [2.75, 3.05) is 0 Å². The maximum Gasteiger partial charge on any atom is 0.157 e. The molecule has 12 heavy (non-hydrogen) atoms. The van der Waals surface area contributed by atoms with Crippen molar-refractivity contribution >= 4 is 31.9 Å². The number of aliphatic hydroxyl groups is 1. The van der Waals surface area contributed by atoms with Crippen molar-refractivity contribution in [2.24, 2.45) is 0 Å². The molecule has 4 heteroatoms. The third-order valence-electron chi connectivity index (χ3n) is 1.25. The van der Waals surface area contributed by atoms with E-state index >= 15 is 0 Å². The molecule has 0 bridgehead atoms. The normalized spacial score (nSPS) is 12.2. The number of terminal acetylenes is 1. The Hall–Kier alpha value is -0.370. The molecule has 1 heterocycles. The number of hydrogen-bond acceptors (Lipinski definition) is 2. The lowest BCUT2D eigenvalue weighted by Crippen LogP contribution is -1.98. The number of halogens is 2. The van der Waals surface area contributed by atoms with Gasteiger partial charge in [-0.05, 0) is 37.9 Å². The van der Waals surface area contributed by atoms with Crippen molar-refractivity contribution in [2.45, 2.75) is 6.10 Å². The van der Waals surface area contributed by atoms with Gasteiger partial charge in [-0.2, -0.15) is 0 Å². The molecule has 0 aliphatic carbocycles. The van der Waals surface area contributed by atoms with Gasteiger partial charge in [0.25, 0.3) is 0 Å². The summed E-state index contributed by atoms with van der Waals surface area (Å²) < 4.78 is 1.53. The van der Waals surface area contributed by atoms with E-state index in [1.807, 2.05) is 0 Å². The monoisotopic (exact) mass is 289 g/mol. The number of pyridine rings is 1. The number of nitrogens with zero attached hydrogens (tertiary/aromatic N) is 1. The third-order valence-corrected chi connectivity index (χ3v) is 2.32. The summed E-state index contributed by atoms with van der Waals surface area (Å²) in [6.07, 6.45) is 5.67. The Balaban J connectivity index is 3.11. The highest BCUT2D eigenvalue weighted by Crippen LogP contribution is 2.23. The minimum Gasteiger partial charge on any atom is -0.374 e. The van der Waals surface area contributed by atoms with Crippen LogP contribution >= 0.6 is 31.9 Å². The molecule has 2 nitrogen and oxygen atoms in total. The second kappa shape index (κ2) is 4.04. The summed E-state index contributed by atoms with van der Waals surface area (Å²) in [6, 6.07) is 1.78. The number of rotatable bonds is 1. The molecule has 1 aromatic rings. The Labute approximate surface area is 87.3 Å². The predicted molar refractivity (Wildman–Crippen MR) is 53.4 cm³/mol. The van der Waals surface area contributed by atoms with Gasteiger partial charge in [0.1, 0.15) is 0 Å². The van der Waals surface area contributed by atoms with Gasteiger partial charge < -0.3 is 5.11 Å². The lowest BCUT2D eigenvalue weighted by atomic mass is 10.2. The number of aliphatic hydroxyl groups excluding tert-OH is 1. The van der Waals surface area contributed by atoms with E-state index in [4.69, 9.17) is 6.42 Å². The number of aromatic nitrogens is 1. The number of hydrogen-bond donors (Lipinski definition) is 1. The maximum absolute atomic E-state index is 9.26. The molecule has 0 saturated heterocycles. The summed E-state index contributed by atoms with van der Waals surface area (Å²) in [6.45, 7) is 0. The molecule has 1 N–H and O–H groups in total. The van der Waals surface area contributed by atoms with Crippen LogP contribution in [0.3, 0.4) is 0 Å². The van der Waals surface area contributed by atoms with E-state index in [-0.39, 0.29) is 0 Å². The summed E-state index contributed by atoms with van der Waals surface area (Å²) in [4.78, 5) is 3.96. The van der Waals surface area contributed by atoms with Crippen LogP contribution in [0.25, 0.3) is 0 Å². The SMILES string of the molecule is C#CC(O)c1ncc(Br)cc1Br. The van der Waals surface area contributed by atoms with Crippen LogP contribution in [0.5, 0.6) is 0 Å². The molecule has 1 unspecified atom stereocenters. The Morgan fingerprint density at radius 1 is 1.58 bits per heavy atom. The summed E-state index contributed by atoms with van der Waals surface area (Å²) in [5, 5.41) is 9.26. The quantitative estimate of drug-likeness (QED) is 0.805. The van der Waals surface area contributed by atoms with E-state index in [1.165, 1.54) is 0 Å². The lowest BCUT2D eigenvalue weighted by molar-refractivity contribution is 0.232. The van der Waals surface area contributed by atoms with E-state index in [0.29, 0.717) is 10.2 Å². The van der Waals surface area contributed by atoms with Crippen LogP contribution in [0, 0.1) is 12.3 Å². The van der Waals surface area contributed by atoms with Crippen LogP contribution in [0.2, 0.25) is 0 Å². The molecule has 0 spiro atoms. The molecule has 0 fully saturated rings. The molecule has 0 aliphatic heterocycles. The topological polar surface area (TPSA) is 33.1 Å². The fraction of sp³-hybridized carbons (Fsp3) is 0.125. The molecule has 0 saturated carbocycles. The van der Waals surface area contributed by atoms with Gasteiger partial charge >= 0.3 is 0 Å². The van der Waals surface area contributed by atoms with Gasteiger partial charge in [-0.3, -0.25) is 4.98 Å². The average Bonchev–Trinajstić information content (AvgIpc) is 2.03. The first-order valence-electron chi connectivity index (χ1n) is 3.10. The van der Waals surface area contributed by atoms with Crippen molar-refractivity contribution < 1.29 is 5.11 Å². The zero-order valence-corrected chi connectivity index (χ0v) is 9.13. The van der Waals surface area contributed by atoms with Crippen LogP contribution in [-0.4, -0.2) is 10.1 Å². The molecule has 0 aromatic carbocycles. The van der Waals surface area contributed by atoms with Crippen molar-refractivity contribution in [1.82, 2.24) is 4.98 Å². The second-order valence-electron chi connectivity index (χ2n) is 2.09. The van der Waals surface area contributed by atoms with Crippen LogP contribution in [0.4, 0.5) is 0 Å². The van der Waals surface area contributed by atoms with Crippen LogP contribution in [0.15, 0.2) is 21.2 Å². The van der Waals surface area contributed by atoms with Gasteiger partial charge in [0, 0.05) is 15.1 Å². The molecule has 1 aromatic heterocycles. The highest BCUT2D eigenvalue weighted by atomic mass is 79.9. The summed E-state index contributed by atoms with van der Waals surface area (Å²) >= 11 is 6.48. The van der Waals surface area contributed by atoms with E-state index in [9.17, 15) is 5.11 Å². The average molecular weight is 291 g/mol. The first-order valence-corrected chi connectivity index (χ1v) is 4.69. The fourth-order valence-corrected chi connectivity index (χ4v) is 1.91. The smallest absolute Gasteiger partial charge is 0.157 e. The van der Waals surface area contributed by atoms with E-state index in [1.54, 1.807) is 12.3 Å². The molecular weight excluding hydrogens is 286 g/mol. The Morgan fingerprint density at radius 3 is 2.75 bits per heavy atom. The molecule has 0 radical (unpaired) electrons. The van der Waals surface area contributed by atoms with Crippen LogP contribution in [-0.2, 0) is 0 Å².